The lowest BCUT2D eigenvalue weighted by Crippen LogP contribution is -2.32. The van der Waals surface area contributed by atoms with Gasteiger partial charge in [-0.05, 0) is 6.42 Å². The van der Waals surface area contributed by atoms with Gasteiger partial charge in [-0.2, -0.15) is 0 Å². The van der Waals surface area contributed by atoms with Crippen LogP contribution in [-0.4, -0.2) is 23.7 Å². The van der Waals surface area contributed by atoms with Gasteiger partial charge in [-0.3, -0.25) is 0 Å². The van der Waals surface area contributed by atoms with E-state index in [1.54, 1.807) is 10.9 Å². The van der Waals surface area contributed by atoms with Crippen molar-refractivity contribution in [3.05, 3.63) is 12.7 Å². The first-order valence-electron chi connectivity index (χ1n) is 6.71. The summed E-state index contributed by atoms with van der Waals surface area (Å²) in [5, 5.41) is 4.17. The van der Waals surface area contributed by atoms with Crippen LogP contribution in [0.15, 0.2) is 12.7 Å². The minimum Gasteiger partial charge on any atom is -0.418 e. The van der Waals surface area contributed by atoms with Crippen molar-refractivity contribution in [1.29, 1.82) is 0 Å². The van der Waals surface area contributed by atoms with Crippen molar-refractivity contribution in [3.63, 3.8) is 0 Å². The molecular formula is C11H21BF5N3. The third-order valence-electron chi connectivity index (χ3n) is 2.46. The third-order valence-corrected chi connectivity index (χ3v) is 2.46. The van der Waals surface area contributed by atoms with Crippen molar-refractivity contribution in [2.45, 2.75) is 52.1 Å². The summed E-state index contributed by atoms with van der Waals surface area (Å²) in [5.41, 5.74) is 0. The Bertz CT molecular complexity index is 337. The number of hydrogen-bond acceptors (Lipinski definition) is 1. The van der Waals surface area contributed by atoms with Crippen LogP contribution >= 0.6 is 0 Å². The van der Waals surface area contributed by atoms with Gasteiger partial charge in [-0.1, -0.05) is 32.6 Å². The summed E-state index contributed by atoms with van der Waals surface area (Å²) >= 11 is 0. The average molecular weight is 301 g/mol. The van der Waals surface area contributed by atoms with E-state index in [2.05, 4.69) is 12.0 Å². The standard InChI is InChI=1S/C11H21FN3.BF4/c1-2-3-4-5-6-8-15-11-14(9-7-12)10-13-15;2-1(3,4)5/h10-11H,2-9H2,1H3;/q+1;-1. The second-order valence-electron chi connectivity index (χ2n) is 4.35. The fraction of sp³-hybridized carbons (Fsp3) is 0.818. The molecule has 0 aliphatic heterocycles. The molecule has 3 nitrogen and oxygen atoms in total. The maximum Gasteiger partial charge on any atom is 0.673 e. The summed E-state index contributed by atoms with van der Waals surface area (Å²) in [6, 6.07) is 0. The van der Waals surface area contributed by atoms with Crippen LogP contribution in [0.1, 0.15) is 39.0 Å². The first-order valence-corrected chi connectivity index (χ1v) is 6.71. The molecule has 1 aromatic rings. The minimum atomic E-state index is -6.00. The summed E-state index contributed by atoms with van der Waals surface area (Å²) < 4.78 is 54.7. The largest absolute Gasteiger partial charge is 0.673 e. The third kappa shape index (κ3) is 13.3. The predicted molar refractivity (Wildman–Crippen MR) is 67.3 cm³/mol. The Morgan fingerprint density at radius 3 is 2.25 bits per heavy atom. The molecule has 0 aromatic carbocycles. The highest BCUT2D eigenvalue weighted by molar-refractivity contribution is 6.50. The smallest absolute Gasteiger partial charge is 0.418 e. The zero-order chi connectivity index (χ0) is 15.4. The molecule has 0 N–H and O–H groups in total. The van der Waals surface area contributed by atoms with Gasteiger partial charge in [0.25, 0.3) is 6.33 Å². The summed E-state index contributed by atoms with van der Waals surface area (Å²) in [7, 11) is -6.00. The second kappa shape index (κ2) is 10.6. The van der Waals surface area contributed by atoms with E-state index < -0.39 is 7.25 Å². The van der Waals surface area contributed by atoms with Gasteiger partial charge in [0.1, 0.15) is 13.2 Å². The minimum absolute atomic E-state index is 0.327. The molecule has 20 heavy (non-hydrogen) atoms. The number of unbranched alkanes of at least 4 members (excludes halogenated alkanes) is 4. The number of rotatable bonds is 8. The molecule has 1 rings (SSSR count). The Balaban J connectivity index is 0.000000621. The number of halogens is 5. The van der Waals surface area contributed by atoms with Crippen LogP contribution in [-0.2, 0) is 13.1 Å². The molecular weight excluding hydrogens is 280 g/mol. The van der Waals surface area contributed by atoms with Crippen molar-refractivity contribution in [1.82, 2.24) is 9.78 Å². The van der Waals surface area contributed by atoms with Gasteiger partial charge in [-0.25, -0.2) is 8.96 Å². The Hall–Kier alpha value is -1.15. The second-order valence-corrected chi connectivity index (χ2v) is 4.35. The molecule has 0 bridgehead atoms. The number of hydrogen-bond donors (Lipinski definition) is 0. The summed E-state index contributed by atoms with van der Waals surface area (Å²) in [6.07, 6.45) is 9.89. The highest BCUT2D eigenvalue weighted by Crippen LogP contribution is 2.06. The monoisotopic (exact) mass is 301 g/mol. The molecule has 0 aliphatic rings. The first-order chi connectivity index (χ1) is 9.36. The molecule has 118 valence electrons. The molecule has 0 aliphatic carbocycles. The van der Waals surface area contributed by atoms with Crippen LogP contribution in [0.25, 0.3) is 0 Å². The van der Waals surface area contributed by atoms with Crippen LogP contribution in [0.5, 0.6) is 0 Å². The van der Waals surface area contributed by atoms with Crippen LogP contribution in [0.4, 0.5) is 21.7 Å². The maximum absolute atomic E-state index is 12.0. The van der Waals surface area contributed by atoms with E-state index in [-0.39, 0.29) is 6.67 Å². The van der Waals surface area contributed by atoms with Crippen molar-refractivity contribution in [3.8, 4) is 0 Å². The normalized spacial score (nSPS) is 11.1. The Labute approximate surface area is 115 Å². The molecule has 0 fully saturated rings. The summed E-state index contributed by atoms with van der Waals surface area (Å²) in [5.74, 6) is 0. The summed E-state index contributed by atoms with van der Waals surface area (Å²) in [4.78, 5) is 0. The van der Waals surface area contributed by atoms with E-state index in [0.717, 1.165) is 13.0 Å². The Morgan fingerprint density at radius 2 is 1.70 bits per heavy atom. The highest BCUT2D eigenvalue weighted by atomic mass is 19.5. The van der Waals surface area contributed by atoms with Gasteiger partial charge in [0.15, 0.2) is 0 Å². The molecule has 0 radical (unpaired) electrons. The van der Waals surface area contributed by atoms with Crippen LogP contribution in [0, 0.1) is 0 Å². The molecule has 9 heteroatoms. The van der Waals surface area contributed by atoms with Gasteiger partial charge in [0.2, 0.25) is 6.33 Å². The van der Waals surface area contributed by atoms with Crippen molar-refractivity contribution < 1.29 is 26.2 Å². The molecule has 1 heterocycles. The average Bonchev–Trinajstić information content (AvgIpc) is 2.75. The molecule has 0 amide bonds. The first kappa shape index (κ1) is 18.9. The van der Waals surface area contributed by atoms with Crippen molar-refractivity contribution in [2.75, 3.05) is 6.67 Å². The van der Waals surface area contributed by atoms with E-state index >= 15 is 0 Å². The molecule has 0 saturated heterocycles. The van der Waals surface area contributed by atoms with Crippen molar-refractivity contribution >= 4 is 7.25 Å². The van der Waals surface area contributed by atoms with E-state index in [1.165, 1.54) is 25.7 Å². The fourth-order valence-corrected chi connectivity index (χ4v) is 1.57. The van der Waals surface area contributed by atoms with E-state index in [1.807, 2.05) is 11.0 Å². The van der Waals surface area contributed by atoms with Crippen LogP contribution in [0.2, 0.25) is 0 Å². The zero-order valence-corrected chi connectivity index (χ0v) is 11.6. The molecule has 0 atom stereocenters. The van der Waals surface area contributed by atoms with Gasteiger partial charge < -0.3 is 17.3 Å². The highest BCUT2D eigenvalue weighted by Gasteiger charge is 2.20. The van der Waals surface area contributed by atoms with E-state index in [4.69, 9.17) is 0 Å². The number of aromatic nitrogens is 3. The zero-order valence-electron chi connectivity index (χ0n) is 11.6. The van der Waals surface area contributed by atoms with E-state index in [9.17, 15) is 21.7 Å². The van der Waals surface area contributed by atoms with Gasteiger partial charge >= 0.3 is 7.25 Å². The predicted octanol–water partition coefficient (Wildman–Crippen LogP) is 3.41. The van der Waals surface area contributed by atoms with Crippen LogP contribution in [0.3, 0.4) is 0 Å². The SMILES string of the molecule is CCCCCCCn1c[n+](CCF)cn1.F[B-](F)(F)F. The number of aryl methyl sites for hydroxylation is 2. The molecule has 0 spiro atoms. The molecule has 0 unspecified atom stereocenters. The molecule has 0 saturated carbocycles. The topological polar surface area (TPSA) is 21.7 Å². The maximum atomic E-state index is 12.0. The lowest BCUT2D eigenvalue weighted by molar-refractivity contribution is -0.697. The van der Waals surface area contributed by atoms with Gasteiger partial charge in [0, 0.05) is 5.10 Å². The number of alkyl halides is 1. The van der Waals surface area contributed by atoms with Gasteiger partial charge in [0.05, 0.1) is 6.54 Å². The number of nitrogens with zero attached hydrogens (tertiary/aromatic N) is 3. The van der Waals surface area contributed by atoms with E-state index in [0.29, 0.717) is 6.54 Å². The fourth-order valence-electron chi connectivity index (χ4n) is 1.57. The molecule has 1 aromatic heterocycles. The van der Waals surface area contributed by atoms with Gasteiger partial charge in [-0.15, -0.1) is 4.68 Å². The van der Waals surface area contributed by atoms with Crippen molar-refractivity contribution in [2.24, 2.45) is 0 Å². The summed E-state index contributed by atoms with van der Waals surface area (Å²) in [6.45, 7) is 3.25. The van der Waals surface area contributed by atoms with Crippen LogP contribution < -0.4 is 4.57 Å². The lowest BCUT2D eigenvalue weighted by atomic mass is 10.1. The Morgan fingerprint density at radius 1 is 1.10 bits per heavy atom. The Kier molecular flexibility index (Phi) is 10.0. The lowest BCUT2D eigenvalue weighted by Gasteiger charge is -1.96. The quantitative estimate of drug-likeness (QED) is 0.312.